The highest BCUT2D eigenvalue weighted by Crippen LogP contribution is 2.29. The van der Waals surface area contributed by atoms with E-state index in [1.807, 2.05) is 4.90 Å². The smallest absolute Gasteiger partial charge is 0.260 e. The first-order chi connectivity index (χ1) is 10.6. The van der Waals surface area contributed by atoms with Crippen molar-refractivity contribution in [3.8, 4) is 5.88 Å². The van der Waals surface area contributed by atoms with Crippen molar-refractivity contribution in [3.63, 3.8) is 0 Å². The Morgan fingerprint density at radius 3 is 2.73 bits per heavy atom. The molecule has 1 amide bonds. The number of likely N-dealkylation sites (tertiary alicyclic amines) is 1. The topological polar surface area (TPSA) is 47.4 Å². The number of hydrogen-bond acceptors (Lipinski definition) is 3. The molecule has 1 unspecified atom stereocenters. The van der Waals surface area contributed by atoms with Gasteiger partial charge in [-0.15, -0.1) is 5.10 Å². The van der Waals surface area contributed by atoms with E-state index in [4.69, 9.17) is 4.74 Å². The summed E-state index contributed by atoms with van der Waals surface area (Å²) in [6.07, 6.45) is 2.72. The summed E-state index contributed by atoms with van der Waals surface area (Å²) in [6.45, 7) is 3.61. The Morgan fingerprint density at radius 1 is 1.32 bits per heavy atom. The van der Waals surface area contributed by atoms with E-state index < -0.39 is 0 Å². The normalized spacial score (nSPS) is 17.8. The van der Waals surface area contributed by atoms with Crippen molar-refractivity contribution in [3.05, 3.63) is 47.2 Å². The van der Waals surface area contributed by atoms with Crippen molar-refractivity contribution in [1.29, 1.82) is 0 Å². The van der Waals surface area contributed by atoms with Gasteiger partial charge in [0, 0.05) is 32.3 Å². The fourth-order valence-corrected chi connectivity index (χ4v) is 2.99. The summed E-state index contributed by atoms with van der Waals surface area (Å²) >= 11 is 0. The number of amides is 1. The van der Waals surface area contributed by atoms with Crippen LogP contribution in [0.25, 0.3) is 0 Å². The molecule has 1 saturated heterocycles. The third kappa shape index (κ3) is 2.71. The SMILES string of the molecule is COc1nn(C)cc1C(=O)N1CCC(c2ccc(C)cc2)C1. The molecule has 22 heavy (non-hydrogen) atoms. The van der Waals surface area contributed by atoms with Gasteiger partial charge in [0.2, 0.25) is 5.88 Å². The molecule has 2 aromatic rings. The molecule has 1 fully saturated rings. The lowest BCUT2D eigenvalue weighted by Crippen LogP contribution is -2.28. The summed E-state index contributed by atoms with van der Waals surface area (Å²) < 4.78 is 6.80. The molecule has 0 N–H and O–H groups in total. The average Bonchev–Trinajstić information content (AvgIpc) is 3.14. The summed E-state index contributed by atoms with van der Waals surface area (Å²) in [7, 11) is 3.33. The largest absolute Gasteiger partial charge is 0.479 e. The van der Waals surface area contributed by atoms with Crippen LogP contribution < -0.4 is 4.74 Å². The minimum absolute atomic E-state index is 0.000406. The van der Waals surface area contributed by atoms with Crippen LogP contribution in [0.2, 0.25) is 0 Å². The van der Waals surface area contributed by atoms with Crippen LogP contribution in [0.15, 0.2) is 30.5 Å². The Labute approximate surface area is 130 Å². The first kappa shape index (κ1) is 14.6. The molecule has 1 aliphatic heterocycles. The summed E-state index contributed by atoms with van der Waals surface area (Å²) in [5, 5.41) is 4.16. The first-order valence-corrected chi connectivity index (χ1v) is 7.52. The number of carbonyl (C=O) groups excluding carboxylic acids is 1. The summed E-state index contributed by atoms with van der Waals surface area (Å²) in [5.74, 6) is 0.804. The number of aryl methyl sites for hydroxylation is 2. The molecular formula is C17H21N3O2. The lowest BCUT2D eigenvalue weighted by atomic mass is 9.98. The second-order valence-corrected chi connectivity index (χ2v) is 5.87. The summed E-state index contributed by atoms with van der Waals surface area (Å²) in [6, 6.07) is 8.59. The Hall–Kier alpha value is -2.30. The molecule has 1 aliphatic rings. The van der Waals surface area contributed by atoms with Crippen LogP contribution in [0.3, 0.4) is 0 Å². The molecule has 5 nitrogen and oxygen atoms in total. The van der Waals surface area contributed by atoms with Crippen LogP contribution in [-0.2, 0) is 7.05 Å². The third-order valence-corrected chi connectivity index (χ3v) is 4.24. The number of rotatable bonds is 3. The minimum atomic E-state index is -0.000406. The number of methoxy groups -OCH3 is 1. The van der Waals surface area contributed by atoms with E-state index in [2.05, 4.69) is 36.3 Å². The van der Waals surface area contributed by atoms with E-state index in [1.54, 1.807) is 17.9 Å². The zero-order valence-corrected chi connectivity index (χ0v) is 13.2. The minimum Gasteiger partial charge on any atom is -0.479 e. The van der Waals surface area contributed by atoms with Gasteiger partial charge in [0.1, 0.15) is 5.56 Å². The van der Waals surface area contributed by atoms with Crippen LogP contribution in [0.4, 0.5) is 0 Å². The van der Waals surface area contributed by atoms with Crippen LogP contribution in [-0.4, -0.2) is 40.8 Å². The van der Waals surface area contributed by atoms with Gasteiger partial charge in [-0.2, -0.15) is 0 Å². The Morgan fingerprint density at radius 2 is 2.05 bits per heavy atom. The molecule has 3 rings (SSSR count). The number of ether oxygens (including phenoxy) is 1. The molecule has 0 saturated carbocycles. The standard InChI is InChI=1S/C17H21N3O2/c1-12-4-6-13(7-5-12)14-8-9-20(10-14)17(21)15-11-19(2)18-16(15)22-3/h4-7,11,14H,8-10H2,1-3H3. The van der Waals surface area contributed by atoms with E-state index in [-0.39, 0.29) is 5.91 Å². The molecule has 5 heteroatoms. The van der Waals surface area contributed by atoms with E-state index in [0.29, 0.717) is 17.4 Å². The van der Waals surface area contributed by atoms with Gasteiger partial charge in [0.15, 0.2) is 0 Å². The van der Waals surface area contributed by atoms with Crippen molar-refractivity contribution >= 4 is 5.91 Å². The lowest BCUT2D eigenvalue weighted by molar-refractivity contribution is 0.0787. The fourth-order valence-electron chi connectivity index (χ4n) is 2.99. The number of benzene rings is 1. The van der Waals surface area contributed by atoms with E-state index in [0.717, 1.165) is 19.5 Å². The van der Waals surface area contributed by atoms with Crippen LogP contribution in [0, 0.1) is 6.92 Å². The highest BCUT2D eigenvalue weighted by atomic mass is 16.5. The first-order valence-electron chi connectivity index (χ1n) is 7.52. The maximum absolute atomic E-state index is 12.7. The number of hydrogen-bond donors (Lipinski definition) is 0. The van der Waals surface area contributed by atoms with Gasteiger partial charge in [-0.05, 0) is 18.9 Å². The summed E-state index contributed by atoms with van der Waals surface area (Å²) in [4.78, 5) is 14.6. The third-order valence-electron chi connectivity index (χ3n) is 4.24. The second kappa shape index (κ2) is 5.83. The second-order valence-electron chi connectivity index (χ2n) is 5.87. The van der Waals surface area contributed by atoms with Crippen molar-refractivity contribution in [2.75, 3.05) is 20.2 Å². The lowest BCUT2D eigenvalue weighted by Gasteiger charge is -2.16. The van der Waals surface area contributed by atoms with Gasteiger partial charge in [-0.25, -0.2) is 0 Å². The quantitative estimate of drug-likeness (QED) is 0.874. The van der Waals surface area contributed by atoms with Crippen molar-refractivity contribution in [1.82, 2.24) is 14.7 Å². The van der Waals surface area contributed by atoms with Gasteiger partial charge >= 0.3 is 0 Å². The molecule has 0 aliphatic carbocycles. The molecule has 1 aromatic carbocycles. The summed E-state index contributed by atoms with van der Waals surface area (Å²) in [5.41, 5.74) is 3.10. The monoisotopic (exact) mass is 299 g/mol. The average molecular weight is 299 g/mol. The van der Waals surface area contributed by atoms with E-state index in [9.17, 15) is 4.79 Å². The molecule has 1 aromatic heterocycles. The predicted molar refractivity (Wildman–Crippen MR) is 84.2 cm³/mol. The van der Waals surface area contributed by atoms with E-state index >= 15 is 0 Å². The molecule has 0 spiro atoms. The molecule has 0 radical (unpaired) electrons. The highest BCUT2D eigenvalue weighted by Gasteiger charge is 2.30. The molecule has 0 bridgehead atoms. The van der Waals surface area contributed by atoms with Crippen LogP contribution in [0.1, 0.15) is 33.8 Å². The maximum atomic E-state index is 12.7. The Balaban J connectivity index is 1.74. The van der Waals surface area contributed by atoms with Crippen LogP contribution >= 0.6 is 0 Å². The van der Waals surface area contributed by atoms with Crippen molar-refractivity contribution in [2.45, 2.75) is 19.3 Å². The molecular weight excluding hydrogens is 278 g/mol. The fraction of sp³-hybridized carbons (Fsp3) is 0.412. The van der Waals surface area contributed by atoms with Crippen LogP contribution in [0.5, 0.6) is 5.88 Å². The Bertz CT molecular complexity index is 676. The zero-order valence-electron chi connectivity index (χ0n) is 13.2. The maximum Gasteiger partial charge on any atom is 0.260 e. The number of carbonyl (C=O) groups is 1. The van der Waals surface area contributed by atoms with Gasteiger partial charge in [-0.1, -0.05) is 29.8 Å². The van der Waals surface area contributed by atoms with Gasteiger partial charge in [0.25, 0.3) is 5.91 Å². The van der Waals surface area contributed by atoms with Gasteiger partial charge in [0.05, 0.1) is 7.11 Å². The van der Waals surface area contributed by atoms with Gasteiger partial charge in [-0.3, -0.25) is 9.48 Å². The zero-order chi connectivity index (χ0) is 15.7. The number of aromatic nitrogens is 2. The van der Waals surface area contributed by atoms with E-state index in [1.165, 1.54) is 18.2 Å². The number of nitrogens with zero attached hydrogens (tertiary/aromatic N) is 3. The highest BCUT2D eigenvalue weighted by molar-refractivity contribution is 5.96. The van der Waals surface area contributed by atoms with Crippen molar-refractivity contribution in [2.24, 2.45) is 7.05 Å². The van der Waals surface area contributed by atoms with Gasteiger partial charge < -0.3 is 9.64 Å². The van der Waals surface area contributed by atoms with Crippen molar-refractivity contribution < 1.29 is 9.53 Å². The molecule has 2 heterocycles. The predicted octanol–water partition coefficient (Wildman–Crippen LogP) is 2.37. The Kier molecular flexibility index (Phi) is 3.88. The molecule has 1 atom stereocenters. The molecule has 116 valence electrons.